The van der Waals surface area contributed by atoms with Crippen LogP contribution in [0.5, 0.6) is 0 Å². The van der Waals surface area contributed by atoms with Crippen LogP contribution in [0.3, 0.4) is 0 Å². The Kier molecular flexibility index (Phi) is 4.55. The molecule has 0 unspecified atom stereocenters. The number of rotatable bonds is 4. The summed E-state index contributed by atoms with van der Waals surface area (Å²) in [6, 6.07) is 10.5. The van der Waals surface area contributed by atoms with E-state index in [4.69, 9.17) is 4.74 Å². The van der Waals surface area contributed by atoms with E-state index >= 15 is 0 Å². The number of carbonyl (C=O) groups excluding carboxylic acids is 1. The Morgan fingerprint density at radius 2 is 2.06 bits per heavy atom. The molecule has 1 aliphatic rings. The lowest BCUT2D eigenvalue weighted by Gasteiger charge is -2.22. The second kappa shape index (κ2) is 7.28. The summed E-state index contributed by atoms with van der Waals surface area (Å²) in [7, 11) is 1.89. The molecule has 0 aliphatic heterocycles. The number of nitriles is 1. The van der Waals surface area contributed by atoms with Crippen molar-refractivity contribution >= 4 is 27.8 Å². The maximum absolute atomic E-state index is 13.2. The average Bonchev–Trinajstić information content (AvgIpc) is 3.31. The first kappa shape index (κ1) is 19.4. The van der Waals surface area contributed by atoms with Crippen molar-refractivity contribution in [1.82, 2.24) is 14.3 Å². The van der Waals surface area contributed by atoms with E-state index < -0.39 is 5.97 Å². The topological polar surface area (TPSA) is 72.8 Å². The molecule has 5 rings (SSSR count). The maximum atomic E-state index is 13.2. The first-order valence-corrected chi connectivity index (χ1v) is 10.8. The fourth-order valence-electron chi connectivity index (χ4n) is 5.08. The SMILES string of the molecule is CCCn1c2ccccc2c2c(C#N)c(C(=O)OCC)c3c(c21)CCc1nn(C)cc1-3. The van der Waals surface area contributed by atoms with Crippen molar-refractivity contribution in [1.29, 1.82) is 5.26 Å². The van der Waals surface area contributed by atoms with Crippen LogP contribution in [0.1, 0.15) is 47.4 Å². The Hall–Kier alpha value is -3.59. The van der Waals surface area contributed by atoms with Crippen molar-refractivity contribution < 1.29 is 9.53 Å². The summed E-state index contributed by atoms with van der Waals surface area (Å²) in [5.41, 5.74) is 6.75. The van der Waals surface area contributed by atoms with Gasteiger partial charge in [-0.05, 0) is 37.8 Å². The molecule has 0 amide bonds. The molecule has 0 spiro atoms. The summed E-state index contributed by atoms with van der Waals surface area (Å²) >= 11 is 0. The molecule has 4 aromatic rings. The monoisotopic (exact) mass is 412 g/mol. The molecule has 6 heteroatoms. The van der Waals surface area contributed by atoms with Gasteiger partial charge in [-0.15, -0.1) is 0 Å². The summed E-state index contributed by atoms with van der Waals surface area (Å²) in [5, 5.41) is 16.8. The predicted octanol–water partition coefficient (Wildman–Crippen LogP) is 4.75. The van der Waals surface area contributed by atoms with Crippen LogP contribution >= 0.6 is 0 Å². The van der Waals surface area contributed by atoms with Gasteiger partial charge in [0.25, 0.3) is 0 Å². The highest BCUT2D eigenvalue weighted by atomic mass is 16.5. The van der Waals surface area contributed by atoms with Crippen LogP contribution in [0.2, 0.25) is 0 Å². The first-order chi connectivity index (χ1) is 15.1. The van der Waals surface area contributed by atoms with Crippen LogP contribution in [-0.2, 0) is 31.2 Å². The minimum Gasteiger partial charge on any atom is -0.462 e. The number of esters is 1. The molecule has 2 aromatic carbocycles. The zero-order valence-electron chi connectivity index (χ0n) is 18.0. The normalized spacial score (nSPS) is 12.6. The van der Waals surface area contributed by atoms with Crippen molar-refractivity contribution in [2.45, 2.75) is 39.7 Å². The van der Waals surface area contributed by atoms with Gasteiger partial charge >= 0.3 is 5.97 Å². The molecule has 2 aromatic heterocycles. The van der Waals surface area contributed by atoms with Gasteiger partial charge in [-0.3, -0.25) is 4.68 Å². The summed E-state index contributed by atoms with van der Waals surface area (Å²) < 4.78 is 9.55. The Morgan fingerprint density at radius 3 is 2.81 bits per heavy atom. The molecule has 0 saturated carbocycles. The van der Waals surface area contributed by atoms with E-state index in [2.05, 4.69) is 28.7 Å². The van der Waals surface area contributed by atoms with Crippen LogP contribution in [0.25, 0.3) is 32.9 Å². The van der Waals surface area contributed by atoms with Crippen LogP contribution in [0.15, 0.2) is 30.5 Å². The molecule has 0 atom stereocenters. The quantitative estimate of drug-likeness (QED) is 0.453. The van der Waals surface area contributed by atoms with Crippen LogP contribution in [0.4, 0.5) is 0 Å². The molecule has 1 aliphatic carbocycles. The van der Waals surface area contributed by atoms with E-state index in [1.54, 1.807) is 11.6 Å². The van der Waals surface area contributed by atoms with Crippen LogP contribution in [0, 0.1) is 11.3 Å². The number of benzene rings is 2. The highest BCUT2D eigenvalue weighted by Gasteiger charge is 2.33. The molecule has 31 heavy (non-hydrogen) atoms. The number of aromatic nitrogens is 3. The molecule has 6 nitrogen and oxygen atoms in total. The largest absolute Gasteiger partial charge is 0.462 e. The van der Waals surface area contributed by atoms with Gasteiger partial charge in [0.1, 0.15) is 6.07 Å². The first-order valence-electron chi connectivity index (χ1n) is 10.8. The van der Waals surface area contributed by atoms with Crippen molar-refractivity contribution in [3.05, 3.63) is 52.8 Å². The summed E-state index contributed by atoms with van der Waals surface area (Å²) in [5.74, 6) is -0.443. The van der Waals surface area contributed by atoms with E-state index in [0.29, 0.717) is 11.1 Å². The second-order valence-electron chi connectivity index (χ2n) is 7.99. The van der Waals surface area contributed by atoms with E-state index in [9.17, 15) is 10.1 Å². The number of ether oxygens (including phenoxy) is 1. The van der Waals surface area contributed by atoms with Crippen molar-refractivity contribution in [3.8, 4) is 17.2 Å². The van der Waals surface area contributed by atoms with Gasteiger partial charge in [0.05, 0.1) is 28.9 Å². The predicted molar refractivity (Wildman–Crippen MR) is 120 cm³/mol. The van der Waals surface area contributed by atoms with Gasteiger partial charge in [-0.25, -0.2) is 4.79 Å². The van der Waals surface area contributed by atoms with Crippen molar-refractivity contribution in [2.75, 3.05) is 6.61 Å². The van der Waals surface area contributed by atoms with Gasteiger partial charge in [-0.1, -0.05) is 25.1 Å². The molecule has 0 saturated heterocycles. The van der Waals surface area contributed by atoms with E-state index in [0.717, 1.165) is 70.0 Å². The van der Waals surface area contributed by atoms with Crippen LogP contribution in [-0.4, -0.2) is 26.9 Å². The third-order valence-corrected chi connectivity index (χ3v) is 6.13. The maximum Gasteiger partial charge on any atom is 0.340 e. The minimum absolute atomic E-state index is 0.258. The standard InChI is InChI=1S/C25H24N4O2/c1-4-12-29-20-9-7-6-8-15(20)22-17(13-26)23(25(30)31-5-2)21-16(24(22)29)10-11-19-18(21)14-28(3)27-19/h6-9,14H,4-5,10-12H2,1-3H3. The summed E-state index contributed by atoms with van der Waals surface area (Å²) in [6.07, 6.45) is 4.51. The molecule has 156 valence electrons. The molecule has 0 bridgehead atoms. The van der Waals surface area contributed by atoms with Gasteiger partial charge in [0.15, 0.2) is 0 Å². The number of carbonyl (C=O) groups is 1. The zero-order chi connectivity index (χ0) is 21.7. The summed E-state index contributed by atoms with van der Waals surface area (Å²) in [6.45, 7) is 5.05. The molecule has 2 heterocycles. The number of nitrogens with zero attached hydrogens (tertiary/aromatic N) is 4. The number of aryl methyl sites for hydroxylation is 4. The van der Waals surface area contributed by atoms with Gasteiger partial charge in [-0.2, -0.15) is 10.4 Å². The lowest BCUT2D eigenvalue weighted by atomic mass is 9.82. The third kappa shape index (κ3) is 2.70. The lowest BCUT2D eigenvalue weighted by Crippen LogP contribution is -2.15. The number of hydrogen-bond donors (Lipinski definition) is 0. The van der Waals surface area contributed by atoms with E-state index in [-0.39, 0.29) is 6.61 Å². The van der Waals surface area contributed by atoms with Crippen LogP contribution < -0.4 is 0 Å². The smallest absolute Gasteiger partial charge is 0.340 e. The highest BCUT2D eigenvalue weighted by Crippen LogP contribution is 2.45. The van der Waals surface area contributed by atoms with Gasteiger partial charge in [0, 0.05) is 47.2 Å². The average molecular weight is 412 g/mol. The fraction of sp³-hybridized carbons (Fsp3) is 0.320. The van der Waals surface area contributed by atoms with Crippen molar-refractivity contribution in [3.63, 3.8) is 0 Å². The Labute approximate surface area is 180 Å². The lowest BCUT2D eigenvalue weighted by molar-refractivity contribution is 0.0527. The second-order valence-corrected chi connectivity index (χ2v) is 7.99. The molecular weight excluding hydrogens is 388 g/mol. The number of hydrogen-bond acceptors (Lipinski definition) is 4. The highest BCUT2D eigenvalue weighted by molar-refractivity contribution is 6.18. The molecular formula is C25H24N4O2. The van der Waals surface area contributed by atoms with Crippen molar-refractivity contribution in [2.24, 2.45) is 7.05 Å². The van der Waals surface area contributed by atoms with Gasteiger partial charge < -0.3 is 9.30 Å². The molecule has 0 fully saturated rings. The summed E-state index contributed by atoms with van der Waals surface area (Å²) in [4.78, 5) is 13.2. The third-order valence-electron chi connectivity index (χ3n) is 6.13. The minimum atomic E-state index is -0.443. The Morgan fingerprint density at radius 1 is 1.26 bits per heavy atom. The van der Waals surface area contributed by atoms with E-state index in [1.165, 1.54) is 0 Å². The number of para-hydroxylation sites is 1. The fourth-order valence-corrected chi connectivity index (χ4v) is 5.08. The Bertz CT molecular complexity index is 1400. The van der Waals surface area contributed by atoms with E-state index in [1.807, 2.05) is 31.4 Å². The molecule has 0 N–H and O–H groups in total. The Balaban J connectivity index is 2.04. The number of fused-ring (bicyclic) bond motifs is 7. The molecule has 0 radical (unpaired) electrons. The zero-order valence-corrected chi connectivity index (χ0v) is 18.0. The van der Waals surface area contributed by atoms with Gasteiger partial charge in [0.2, 0.25) is 0 Å².